The van der Waals surface area contributed by atoms with E-state index in [0.717, 1.165) is 28.3 Å². The van der Waals surface area contributed by atoms with Crippen molar-refractivity contribution in [3.8, 4) is 5.69 Å². The van der Waals surface area contributed by atoms with Gasteiger partial charge >= 0.3 is 0 Å². The largest absolute Gasteiger partial charge is 0.268 e. The molecule has 0 amide bonds. The van der Waals surface area contributed by atoms with Gasteiger partial charge in [-0.25, -0.2) is 9.97 Å². The molecule has 0 aliphatic carbocycles. The lowest BCUT2D eigenvalue weighted by Crippen LogP contribution is -2.21. The maximum Gasteiger partial charge on any atom is 0.266 e. The standard InChI is InChI=1S/C21H19N3OS2/c1-3-15-8-10-17(11-9-15)24-20(25)18-6-4-5-7-19(18)23-21(24)27-13-16-12-26-14(2)22-16/h4-12H,3,13H2,1-2H3. The Bertz CT molecular complexity index is 1150. The monoisotopic (exact) mass is 393 g/mol. The third-order valence-corrected chi connectivity index (χ3v) is 6.16. The van der Waals surface area contributed by atoms with Gasteiger partial charge in [0.05, 0.1) is 27.3 Å². The van der Waals surface area contributed by atoms with Crippen LogP contribution < -0.4 is 5.56 Å². The lowest BCUT2D eigenvalue weighted by Gasteiger charge is -2.13. The van der Waals surface area contributed by atoms with E-state index in [-0.39, 0.29) is 5.56 Å². The van der Waals surface area contributed by atoms with E-state index in [1.807, 2.05) is 43.3 Å². The normalized spacial score (nSPS) is 11.2. The molecule has 27 heavy (non-hydrogen) atoms. The maximum absolute atomic E-state index is 13.2. The number of thiazole rings is 1. The molecule has 6 heteroatoms. The van der Waals surface area contributed by atoms with E-state index >= 15 is 0 Å². The number of hydrogen-bond acceptors (Lipinski definition) is 5. The van der Waals surface area contributed by atoms with E-state index in [9.17, 15) is 4.79 Å². The number of benzene rings is 2. The summed E-state index contributed by atoms with van der Waals surface area (Å²) in [5.41, 5.74) is 3.78. The fourth-order valence-electron chi connectivity index (χ4n) is 2.93. The summed E-state index contributed by atoms with van der Waals surface area (Å²) in [6.45, 7) is 4.12. The van der Waals surface area contributed by atoms with Gasteiger partial charge in [0.2, 0.25) is 0 Å². The van der Waals surface area contributed by atoms with E-state index in [1.54, 1.807) is 27.7 Å². The van der Waals surface area contributed by atoms with Gasteiger partial charge in [0.15, 0.2) is 5.16 Å². The molecule has 2 aromatic carbocycles. The van der Waals surface area contributed by atoms with E-state index in [4.69, 9.17) is 4.98 Å². The number of nitrogens with zero attached hydrogens (tertiary/aromatic N) is 3. The van der Waals surface area contributed by atoms with E-state index < -0.39 is 0 Å². The molecule has 4 rings (SSSR count). The molecule has 2 heterocycles. The summed E-state index contributed by atoms with van der Waals surface area (Å²) >= 11 is 3.18. The second-order valence-electron chi connectivity index (χ2n) is 6.22. The first-order valence-electron chi connectivity index (χ1n) is 8.80. The molecule has 0 fully saturated rings. The zero-order valence-corrected chi connectivity index (χ0v) is 16.8. The lowest BCUT2D eigenvalue weighted by atomic mass is 10.1. The fourth-order valence-corrected chi connectivity index (χ4v) is 4.55. The minimum absolute atomic E-state index is 0.0400. The zero-order chi connectivity index (χ0) is 18.8. The Balaban J connectivity index is 1.82. The van der Waals surface area contributed by atoms with Crippen LogP contribution in [0.15, 0.2) is 63.9 Å². The van der Waals surface area contributed by atoms with Crippen LogP contribution in [0.25, 0.3) is 16.6 Å². The van der Waals surface area contributed by atoms with E-state index in [2.05, 4.69) is 29.4 Å². The molecule has 0 atom stereocenters. The van der Waals surface area contributed by atoms with Crippen molar-refractivity contribution in [1.82, 2.24) is 14.5 Å². The average molecular weight is 394 g/mol. The number of aromatic nitrogens is 3. The molecule has 136 valence electrons. The average Bonchev–Trinajstić information content (AvgIpc) is 3.12. The summed E-state index contributed by atoms with van der Waals surface area (Å²) in [4.78, 5) is 22.5. The van der Waals surface area contributed by atoms with Crippen molar-refractivity contribution in [2.24, 2.45) is 0 Å². The molecule has 0 bridgehead atoms. The predicted octanol–water partition coefficient (Wildman–Crippen LogP) is 5.01. The minimum atomic E-state index is -0.0400. The highest BCUT2D eigenvalue weighted by Crippen LogP contribution is 2.25. The van der Waals surface area contributed by atoms with Gasteiger partial charge in [-0.1, -0.05) is 43.0 Å². The summed E-state index contributed by atoms with van der Waals surface area (Å²) in [6.07, 6.45) is 0.968. The molecule has 0 spiro atoms. The van der Waals surface area contributed by atoms with Gasteiger partial charge in [-0.15, -0.1) is 11.3 Å². The Morgan fingerprint density at radius 3 is 2.56 bits per heavy atom. The number of aryl methyl sites for hydroxylation is 2. The molecule has 0 unspecified atom stereocenters. The van der Waals surface area contributed by atoms with Crippen molar-refractivity contribution in [3.63, 3.8) is 0 Å². The van der Waals surface area contributed by atoms with Crippen molar-refractivity contribution < 1.29 is 0 Å². The Hall–Kier alpha value is -2.44. The summed E-state index contributed by atoms with van der Waals surface area (Å²) in [7, 11) is 0. The zero-order valence-electron chi connectivity index (χ0n) is 15.2. The molecular weight excluding hydrogens is 374 g/mol. The van der Waals surface area contributed by atoms with Gasteiger partial charge in [-0.3, -0.25) is 9.36 Å². The Kier molecular flexibility index (Phi) is 5.09. The number of hydrogen-bond donors (Lipinski definition) is 0. The molecule has 0 aliphatic rings. The van der Waals surface area contributed by atoms with E-state index in [1.165, 1.54) is 5.56 Å². The smallest absolute Gasteiger partial charge is 0.266 e. The number of thioether (sulfide) groups is 1. The third-order valence-electron chi connectivity index (χ3n) is 4.36. The van der Waals surface area contributed by atoms with Gasteiger partial charge in [-0.2, -0.15) is 0 Å². The van der Waals surface area contributed by atoms with Crippen LogP contribution in [0, 0.1) is 6.92 Å². The first-order chi connectivity index (χ1) is 13.2. The molecule has 0 saturated carbocycles. The molecular formula is C21H19N3OS2. The Morgan fingerprint density at radius 2 is 1.85 bits per heavy atom. The third kappa shape index (κ3) is 3.68. The van der Waals surface area contributed by atoms with Crippen molar-refractivity contribution in [2.75, 3.05) is 0 Å². The second-order valence-corrected chi connectivity index (χ2v) is 8.22. The summed E-state index contributed by atoms with van der Waals surface area (Å²) in [5, 5.41) is 4.42. The first kappa shape index (κ1) is 17.9. The van der Waals surface area contributed by atoms with Crippen LogP contribution >= 0.6 is 23.1 Å². The SMILES string of the molecule is CCc1ccc(-n2c(SCc3csc(C)n3)nc3ccccc3c2=O)cc1. The molecule has 0 N–H and O–H groups in total. The topological polar surface area (TPSA) is 47.8 Å². The number of fused-ring (bicyclic) bond motifs is 1. The summed E-state index contributed by atoms with van der Waals surface area (Å²) in [5.74, 6) is 0.683. The van der Waals surface area contributed by atoms with Crippen molar-refractivity contribution in [3.05, 3.63) is 80.5 Å². The molecule has 0 saturated heterocycles. The van der Waals surface area contributed by atoms with Crippen LogP contribution in [0.4, 0.5) is 0 Å². The van der Waals surface area contributed by atoms with Gasteiger partial charge in [0.1, 0.15) is 0 Å². The van der Waals surface area contributed by atoms with Crippen molar-refractivity contribution in [2.45, 2.75) is 31.2 Å². The maximum atomic E-state index is 13.2. The Morgan fingerprint density at radius 1 is 1.07 bits per heavy atom. The van der Waals surface area contributed by atoms with Crippen LogP contribution in [-0.2, 0) is 12.2 Å². The second kappa shape index (κ2) is 7.66. The highest BCUT2D eigenvalue weighted by atomic mass is 32.2. The molecule has 0 radical (unpaired) electrons. The highest BCUT2D eigenvalue weighted by molar-refractivity contribution is 7.98. The highest BCUT2D eigenvalue weighted by Gasteiger charge is 2.14. The van der Waals surface area contributed by atoms with Gasteiger partial charge in [0, 0.05) is 11.1 Å². The van der Waals surface area contributed by atoms with Gasteiger partial charge < -0.3 is 0 Å². The summed E-state index contributed by atoms with van der Waals surface area (Å²) in [6, 6.07) is 15.6. The quantitative estimate of drug-likeness (QED) is 0.353. The van der Waals surface area contributed by atoms with Crippen LogP contribution in [0.2, 0.25) is 0 Å². The molecule has 0 aliphatic heterocycles. The molecule has 4 nitrogen and oxygen atoms in total. The molecule has 4 aromatic rings. The van der Waals surface area contributed by atoms with Crippen LogP contribution in [0.1, 0.15) is 23.2 Å². The fraction of sp³-hybridized carbons (Fsp3) is 0.190. The predicted molar refractivity (Wildman–Crippen MR) is 113 cm³/mol. The Labute approximate surface area is 165 Å². The number of para-hydroxylation sites is 1. The van der Waals surface area contributed by atoms with Crippen LogP contribution in [0.3, 0.4) is 0 Å². The number of rotatable bonds is 5. The van der Waals surface area contributed by atoms with Gasteiger partial charge in [-0.05, 0) is 43.2 Å². The minimum Gasteiger partial charge on any atom is -0.268 e. The van der Waals surface area contributed by atoms with Crippen molar-refractivity contribution >= 4 is 34.0 Å². The van der Waals surface area contributed by atoms with Gasteiger partial charge in [0.25, 0.3) is 5.56 Å². The molecule has 2 aromatic heterocycles. The first-order valence-corrected chi connectivity index (χ1v) is 10.7. The van der Waals surface area contributed by atoms with Crippen LogP contribution in [0.5, 0.6) is 0 Å². The van der Waals surface area contributed by atoms with Crippen LogP contribution in [-0.4, -0.2) is 14.5 Å². The van der Waals surface area contributed by atoms with Crippen molar-refractivity contribution in [1.29, 1.82) is 0 Å². The van der Waals surface area contributed by atoms with E-state index in [0.29, 0.717) is 16.3 Å². The summed E-state index contributed by atoms with van der Waals surface area (Å²) < 4.78 is 1.71. The lowest BCUT2D eigenvalue weighted by molar-refractivity contribution is 0.818.